The van der Waals surface area contributed by atoms with Gasteiger partial charge in [-0.05, 0) is 51.3 Å². The summed E-state index contributed by atoms with van der Waals surface area (Å²) < 4.78 is 2.05. The number of rotatable bonds is 6. The highest BCUT2D eigenvalue weighted by Crippen LogP contribution is 2.29. The van der Waals surface area contributed by atoms with E-state index >= 15 is 0 Å². The Labute approximate surface area is 161 Å². The molecule has 0 amide bonds. The second-order valence-electron chi connectivity index (χ2n) is 7.34. The van der Waals surface area contributed by atoms with Crippen LogP contribution in [0.5, 0.6) is 0 Å². The number of hydrogen-bond donors (Lipinski definition) is 0. The zero-order valence-corrected chi connectivity index (χ0v) is 16.0. The summed E-state index contributed by atoms with van der Waals surface area (Å²) in [6.07, 6.45) is 12.1. The Bertz CT molecular complexity index is 858. The van der Waals surface area contributed by atoms with E-state index in [1.165, 1.54) is 31.4 Å². The number of aromatic nitrogens is 4. The first kappa shape index (κ1) is 17.9. The summed E-state index contributed by atoms with van der Waals surface area (Å²) in [6.45, 7) is 5.40. The number of piperidine rings is 1. The van der Waals surface area contributed by atoms with Crippen LogP contribution in [-0.4, -0.2) is 44.1 Å². The molecule has 27 heavy (non-hydrogen) atoms. The van der Waals surface area contributed by atoms with Gasteiger partial charge in [0.05, 0.1) is 5.69 Å². The average molecular weight is 361 g/mol. The van der Waals surface area contributed by atoms with E-state index in [0.717, 1.165) is 36.8 Å². The summed E-state index contributed by atoms with van der Waals surface area (Å²) in [5.74, 6) is 2.32. The molecule has 4 rings (SSSR count). The first-order valence-electron chi connectivity index (χ1n) is 9.89. The molecule has 2 aromatic heterocycles. The Morgan fingerprint density at radius 2 is 1.89 bits per heavy atom. The molecule has 0 radical (unpaired) electrons. The van der Waals surface area contributed by atoms with Gasteiger partial charge in [0.1, 0.15) is 5.82 Å². The molecule has 1 fully saturated rings. The maximum atomic E-state index is 4.72. The van der Waals surface area contributed by atoms with Crippen LogP contribution in [0.2, 0.25) is 0 Å². The Morgan fingerprint density at radius 3 is 2.70 bits per heavy atom. The number of likely N-dealkylation sites (tertiary alicyclic amines) is 1. The molecule has 0 spiro atoms. The van der Waals surface area contributed by atoms with Gasteiger partial charge in [0, 0.05) is 37.3 Å². The fraction of sp³-hybridized carbons (Fsp3) is 0.409. The molecule has 0 bridgehead atoms. The lowest BCUT2D eigenvalue weighted by Gasteiger charge is -2.33. The van der Waals surface area contributed by atoms with Crippen LogP contribution < -0.4 is 0 Å². The fourth-order valence-electron chi connectivity index (χ4n) is 4.05. The predicted octanol–water partition coefficient (Wildman–Crippen LogP) is 3.78. The molecule has 0 unspecified atom stereocenters. The first-order chi connectivity index (χ1) is 13.3. The van der Waals surface area contributed by atoms with Gasteiger partial charge < -0.3 is 4.90 Å². The molecule has 0 aliphatic carbocycles. The zero-order valence-electron chi connectivity index (χ0n) is 16.0. The molecule has 1 saturated heterocycles. The summed E-state index contributed by atoms with van der Waals surface area (Å²) in [5.41, 5.74) is 2.53. The van der Waals surface area contributed by atoms with Crippen LogP contribution in [0.1, 0.15) is 42.3 Å². The van der Waals surface area contributed by atoms with Crippen molar-refractivity contribution >= 4 is 0 Å². The van der Waals surface area contributed by atoms with Crippen LogP contribution >= 0.6 is 0 Å². The molecule has 3 aromatic rings. The van der Waals surface area contributed by atoms with Gasteiger partial charge in [0.15, 0.2) is 5.82 Å². The van der Waals surface area contributed by atoms with E-state index in [1.807, 2.05) is 25.5 Å². The quantitative estimate of drug-likeness (QED) is 0.670. The largest absolute Gasteiger partial charge is 0.303 e. The predicted molar refractivity (Wildman–Crippen MR) is 107 cm³/mol. The second-order valence-corrected chi connectivity index (χ2v) is 7.34. The van der Waals surface area contributed by atoms with E-state index in [4.69, 9.17) is 4.98 Å². The summed E-state index contributed by atoms with van der Waals surface area (Å²) in [4.78, 5) is 16.3. The highest BCUT2D eigenvalue weighted by Gasteiger charge is 2.25. The number of aryl methyl sites for hydroxylation is 2. The van der Waals surface area contributed by atoms with Crippen molar-refractivity contribution in [3.05, 3.63) is 72.2 Å². The van der Waals surface area contributed by atoms with Crippen molar-refractivity contribution < 1.29 is 0 Å². The normalized spacial score (nSPS) is 17.9. The number of imidazole rings is 1. The Kier molecular flexibility index (Phi) is 5.58. The summed E-state index contributed by atoms with van der Waals surface area (Å²) in [7, 11) is 0. The number of nitrogens with zero attached hydrogens (tertiary/aromatic N) is 5. The molecule has 3 heterocycles. The van der Waals surface area contributed by atoms with E-state index in [1.54, 1.807) is 6.20 Å². The van der Waals surface area contributed by atoms with Gasteiger partial charge in [-0.15, -0.1) is 0 Å². The topological polar surface area (TPSA) is 46.8 Å². The molecular formula is C22H27N5. The van der Waals surface area contributed by atoms with Crippen molar-refractivity contribution in [1.29, 1.82) is 0 Å². The van der Waals surface area contributed by atoms with Crippen molar-refractivity contribution in [2.45, 2.75) is 38.5 Å². The minimum Gasteiger partial charge on any atom is -0.303 e. The van der Waals surface area contributed by atoms with Gasteiger partial charge in [-0.2, -0.15) is 0 Å². The van der Waals surface area contributed by atoms with E-state index < -0.39 is 0 Å². The number of benzene rings is 1. The highest BCUT2D eigenvalue weighted by molar-refractivity contribution is 5.33. The highest BCUT2D eigenvalue weighted by atomic mass is 15.2. The Morgan fingerprint density at radius 1 is 1.04 bits per heavy atom. The maximum absolute atomic E-state index is 4.72. The first-order valence-corrected chi connectivity index (χ1v) is 9.89. The van der Waals surface area contributed by atoms with E-state index in [9.17, 15) is 0 Å². The third-order valence-electron chi connectivity index (χ3n) is 5.43. The lowest BCUT2D eigenvalue weighted by Crippen LogP contribution is -2.36. The third-order valence-corrected chi connectivity index (χ3v) is 5.43. The Hall–Kier alpha value is -2.53. The van der Waals surface area contributed by atoms with Gasteiger partial charge in [-0.3, -0.25) is 9.55 Å². The Balaban J connectivity index is 1.42. The summed E-state index contributed by atoms with van der Waals surface area (Å²) in [5, 5.41) is 0. The monoisotopic (exact) mass is 361 g/mol. The molecule has 140 valence electrons. The van der Waals surface area contributed by atoms with Gasteiger partial charge in [-0.25, -0.2) is 9.97 Å². The van der Waals surface area contributed by atoms with E-state index in [0.29, 0.717) is 5.92 Å². The van der Waals surface area contributed by atoms with Gasteiger partial charge in [-0.1, -0.05) is 30.3 Å². The average Bonchev–Trinajstić information content (AvgIpc) is 3.15. The molecular weight excluding hydrogens is 334 g/mol. The second kappa shape index (κ2) is 8.44. The molecule has 0 saturated carbocycles. The standard InChI is InChI=1S/C22H27N5/c1-18-23-13-16-27(18)22-21(24-11-12-25-22)20-10-6-15-26(17-20)14-5-9-19-7-3-2-4-8-19/h2-4,7-8,11-13,16,20H,5-6,9-10,14-15,17H2,1H3/t20-/m0/s1. The lowest BCUT2D eigenvalue weighted by molar-refractivity contribution is 0.204. The molecule has 1 aliphatic heterocycles. The molecule has 1 aromatic carbocycles. The third kappa shape index (κ3) is 4.25. The summed E-state index contributed by atoms with van der Waals surface area (Å²) >= 11 is 0. The molecule has 0 N–H and O–H groups in total. The van der Waals surface area contributed by atoms with Crippen molar-refractivity contribution in [2.75, 3.05) is 19.6 Å². The van der Waals surface area contributed by atoms with Crippen LogP contribution in [0.15, 0.2) is 55.1 Å². The lowest BCUT2D eigenvalue weighted by atomic mass is 9.94. The van der Waals surface area contributed by atoms with Crippen molar-refractivity contribution in [1.82, 2.24) is 24.4 Å². The van der Waals surface area contributed by atoms with E-state index in [2.05, 4.69) is 49.8 Å². The van der Waals surface area contributed by atoms with Crippen LogP contribution in [0.4, 0.5) is 0 Å². The van der Waals surface area contributed by atoms with Gasteiger partial charge >= 0.3 is 0 Å². The van der Waals surface area contributed by atoms with Crippen LogP contribution in [0.3, 0.4) is 0 Å². The molecule has 1 atom stereocenters. The van der Waals surface area contributed by atoms with Crippen LogP contribution in [0.25, 0.3) is 5.82 Å². The summed E-state index contributed by atoms with van der Waals surface area (Å²) in [6, 6.07) is 10.8. The fourth-order valence-corrected chi connectivity index (χ4v) is 4.05. The number of hydrogen-bond acceptors (Lipinski definition) is 4. The molecule has 5 nitrogen and oxygen atoms in total. The smallest absolute Gasteiger partial charge is 0.160 e. The van der Waals surface area contributed by atoms with Crippen LogP contribution in [0, 0.1) is 6.92 Å². The van der Waals surface area contributed by atoms with Crippen LogP contribution in [-0.2, 0) is 6.42 Å². The zero-order chi connectivity index (χ0) is 18.5. The van der Waals surface area contributed by atoms with Gasteiger partial charge in [0.25, 0.3) is 0 Å². The SMILES string of the molecule is Cc1nccn1-c1nccnc1[C@H]1CCCN(CCCc2ccccc2)C1. The van der Waals surface area contributed by atoms with Crippen molar-refractivity contribution in [3.63, 3.8) is 0 Å². The van der Waals surface area contributed by atoms with Gasteiger partial charge in [0.2, 0.25) is 0 Å². The molecule has 1 aliphatic rings. The minimum absolute atomic E-state index is 0.431. The van der Waals surface area contributed by atoms with Crippen molar-refractivity contribution in [3.8, 4) is 5.82 Å². The minimum atomic E-state index is 0.431. The van der Waals surface area contributed by atoms with E-state index in [-0.39, 0.29) is 0 Å². The van der Waals surface area contributed by atoms with Crippen molar-refractivity contribution in [2.24, 2.45) is 0 Å². The molecule has 5 heteroatoms. The maximum Gasteiger partial charge on any atom is 0.160 e.